The number of nitrogens with zero attached hydrogens (tertiary/aromatic N) is 2. The van der Waals surface area contributed by atoms with Crippen molar-refractivity contribution < 1.29 is 0 Å². The summed E-state index contributed by atoms with van der Waals surface area (Å²) in [5.41, 5.74) is 0.124. The van der Waals surface area contributed by atoms with Gasteiger partial charge in [0.25, 0.3) is 0 Å². The van der Waals surface area contributed by atoms with Crippen LogP contribution in [0.25, 0.3) is 0 Å². The van der Waals surface area contributed by atoms with Gasteiger partial charge in [0.1, 0.15) is 0 Å². The van der Waals surface area contributed by atoms with Crippen molar-refractivity contribution >= 4 is 17.3 Å². The highest BCUT2D eigenvalue weighted by Crippen LogP contribution is 2.26. The molecule has 0 saturated carbocycles. The third kappa shape index (κ3) is 5.78. The zero-order chi connectivity index (χ0) is 17.4. The average molecular weight is 351 g/mol. The third-order valence-corrected chi connectivity index (χ3v) is 6.34. The molecule has 0 amide bonds. The smallest absolute Gasteiger partial charge is 0.191 e. The molecule has 1 saturated heterocycles. The van der Waals surface area contributed by atoms with Crippen LogP contribution in [0.15, 0.2) is 22.5 Å². The summed E-state index contributed by atoms with van der Waals surface area (Å²) in [5, 5.41) is 9.12. The van der Waals surface area contributed by atoms with E-state index in [-0.39, 0.29) is 5.41 Å². The highest BCUT2D eigenvalue weighted by molar-refractivity contribution is 7.10. The maximum Gasteiger partial charge on any atom is 0.191 e. The number of rotatable bonds is 7. The lowest BCUT2D eigenvalue weighted by Gasteiger charge is -2.31. The summed E-state index contributed by atoms with van der Waals surface area (Å²) in [4.78, 5) is 8.33. The maximum absolute atomic E-state index is 4.37. The first-order valence-electron chi connectivity index (χ1n) is 9.26. The topological polar surface area (TPSA) is 39.7 Å². The van der Waals surface area contributed by atoms with E-state index in [1.165, 1.54) is 43.8 Å². The molecular weight excluding hydrogens is 316 g/mol. The number of piperidine rings is 1. The molecule has 1 fully saturated rings. The molecule has 0 spiro atoms. The first kappa shape index (κ1) is 19.3. The lowest BCUT2D eigenvalue weighted by atomic mass is 9.91. The molecule has 0 atom stereocenters. The Balaban J connectivity index is 1.68. The van der Waals surface area contributed by atoms with Crippen LogP contribution >= 0.6 is 11.3 Å². The van der Waals surface area contributed by atoms with Gasteiger partial charge in [0.2, 0.25) is 0 Å². The van der Waals surface area contributed by atoms with E-state index in [2.05, 4.69) is 58.8 Å². The van der Waals surface area contributed by atoms with Crippen LogP contribution in [0.3, 0.4) is 0 Å². The van der Waals surface area contributed by atoms with E-state index < -0.39 is 0 Å². The molecule has 1 aromatic rings. The first-order valence-corrected chi connectivity index (χ1v) is 10.1. The second-order valence-electron chi connectivity index (χ2n) is 7.38. The van der Waals surface area contributed by atoms with E-state index in [1.54, 1.807) is 0 Å². The lowest BCUT2D eigenvalue weighted by molar-refractivity contribution is 0.187. The van der Waals surface area contributed by atoms with Gasteiger partial charge in [-0.2, -0.15) is 0 Å². The zero-order valence-electron chi connectivity index (χ0n) is 15.8. The minimum absolute atomic E-state index is 0.124. The van der Waals surface area contributed by atoms with Gasteiger partial charge in [0.05, 0.1) is 0 Å². The number of likely N-dealkylation sites (tertiary alicyclic amines) is 1. The number of guanidine groups is 1. The Labute approximate surface area is 151 Å². The summed E-state index contributed by atoms with van der Waals surface area (Å²) >= 11 is 1.82. The molecule has 2 heterocycles. The van der Waals surface area contributed by atoms with Gasteiger partial charge in [-0.1, -0.05) is 26.8 Å². The molecule has 136 valence electrons. The third-order valence-electron chi connectivity index (χ3n) is 5.11. The van der Waals surface area contributed by atoms with E-state index in [4.69, 9.17) is 0 Å². The van der Waals surface area contributed by atoms with Gasteiger partial charge in [0.15, 0.2) is 5.96 Å². The quantitative estimate of drug-likeness (QED) is 0.585. The van der Waals surface area contributed by atoms with Crippen molar-refractivity contribution in [3.05, 3.63) is 22.4 Å². The Morgan fingerprint density at radius 2 is 2.08 bits per heavy atom. The number of thiophene rings is 1. The van der Waals surface area contributed by atoms with Crippen molar-refractivity contribution in [3.8, 4) is 0 Å². The van der Waals surface area contributed by atoms with E-state index in [1.807, 2.05) is 18.4 Å². The fourth-order valence-electron chi connectivity index (χ4n) is 3.26. The SMILES string of the molecule is CCN1CCC(CCNC(=NC)NCC(C)(C)c2cccs2)CC1. The molecule has 0 aliphatic carbocycles. The summed E-state index contributed by atoms with van der Waals surface area (Å²) in [6.45, 7) is 12.4. The molecule has 2 N–H and O–H groups in total. The van der Waals surface area contributed by atoms with Crippen LogP contribution in [0.2, 0.25) is 0 Å². The molecule has 0 bridgehead atoms. The van der Waals surface area contributed by atoms with Gasteiger partial charge < -0.3 is 15.5 Å². The largest absolute Gasteiger partial charge is 0.356 e. The molecular formula is C19H34N4S. The molecule has 1 aromatic heterocycles. The van der Waals surface area contributed by atoms with Gasteiger partial charge in [-0.15, -0.1) is 11.3 Å². The van der Waals surface area contributed by atoms with Crippen LogP contribution in [0, 0.1) is 5.92 Å². The standard InChI is InChI=1S/C19H34N4S/c1-5-23-12-9-16(10-13-23)8-11-21-18(20-4)22-15-19(2,3)17-7-6-14-24-17/h6-7,14,16H,5,8-13,15H2,1-4H3,(H2,20,21,22). The van der Waals surface area contributed by atoms with Crippen molar-refractivity contribution in [1.29, 1.82) is 0 Å². The van der Waals surface area contributed by atoms with Crippen LogP contribution in [-0.2, 0) is 5.41 Å². The Morgan fingerprint density at radius 1 is 1.33 bits per heavy atom. The van der Waals surface area contributed by atoms with Crippen molar-refractivity contribution in [1.82, 2.24) is 15.5 Å². The van der Waals surface area contributed by atoms with Gasteiger partial charge in [-0.3, -0.25) is 4.99 Å². The van der Waals surface area contributed by atoms with Crippen LogP contribution in [0.5, 0.6) is 0 Å². The van der Waals surface area contributed by atoms with Crippen molar-refractivity contribution in [2.75, 3.05) is 39.8 Å². The normalized spacial score (nSPS) is 17.9. The predicted octanol–water partition coefficient (Wildman–Crippen LogP) is 3.31. The Bertz CT molecular complexity index is 487. The van der Waals surface area contributed by atoms with Crippen LogP contribution in [0.1, 0.15) is 44.9 Å². The summed E-state index contributed by atoms with van der Waals surface area (Å²) in [6.07, 6.45) is 3.92. The van der Waals surface area contributed by atoms with Crippen LogP contribution < -0.4 is 10.6 Å². The monoisotopic (exact) mass is 350 g/mol. The molecule has 24 heavy (non-hydrogen) atoms. The second-order valence-corrected chi connectivity index (χ2v) is 8.33. The predicted molar refractivity (Wildman–Crippen MR) is 106 cm³/mol. The van der Waals surface area contributed by atoms with E-state index >= 15 is 0 Å². The highest BCUT2D eigenvalue weighted by Gasteiger charge is 2.22. The number of nitrogens with one attached hydrogen (secondary N) is 2. The van der Waals surface area contributed by atoms with Crippen molar-refractivity contribution in [3.63, 3.8) is 0 Å². The van der Waals surface area contributed by atoms with Gasteiger partial charge in [0, 0.05) is 30.4 Å². The molecule has 2 rings (SSSR count). The minimum atomic E-state index is 0.124. The van der Waals surface area contributed by atoms with Gasteiger partial charge >= 0.3 is 0 Å². The molecule has 0 unspecified atom stereocenters. The van der Waals surface area contributed by atoms with E-state index in [0.29, 0.717) is 0 Å². The first-order chi connectivity index (χ1) is 11.5. The van der Waals surface area contributed by atoms with Gasteiger partial charge in [-0.05, 0) is 56.3 Å². The summed E-state index contributed by atoms with van der Waals surface area (Å²) in [6, 6.07) is 4.34. The van der Waals surface area contributed by atoms with E-state index in [0.717, 1.165) is 25.0 Å². The molecule has 5 heteroatoms. The Morgan fingerprint density at radius 3 is 2.67 bits per heavy atom. The van der Waals surface area contributed by atoms with Crippen molar-refractivity contribution in [2.24, 2.45) is 10.9 Å². The molecule has 1 aliphatic rings. The molecule has 0 radical (unpaired) electrons. The average Bonchev–Trinajstić information content (AvgIpc) is 3.14. The molecule has 4 nitrogen and oxygen atoms in total. The minimum Gasteiger partial charge on any atom is -0.356 e. The molecule has 0 aromatic carbocycles. The number of hydrogen-bond donors (Lipinski definition) is 2. The van der Waals surface area contributed by atoms with Gasteiger partial charge in [-0.25, -0.2) is 0 Å². The maximum atomic E-state index is 4.37. The Kier molecular flexibility index (Phi) is 7.56. The summed E-state index contributed by atoms with van der Waals surface area (Å²) in [7, 11) is 1.85. The van der Waals surface area contributed by atoms with Crippen LogP contribution in [-0.4, -0.2) is 50.6 Å². The number of hydrogen-bond acceptors (Lipinski definition) is 3. The molecule has 1 aliphatic heterocycles. The van der Waals surface area contributed by atoms with Crippen molar-refractivity contribution in [2.45, 2.75) is 45.4 Å². The van der Waals surface area contributed by atoms with Crippen LogP contribution in [0.4, 0.5) is 0 Å². The summed E-state index contributed by atoms with van der Waals surface area (Å²) in [5.74, 6) is 1.78. The zero-order valence-corrected chi connectivity index (χ0v) is 16.6. The fraction of sp³-hybridized carbons (Fsp3) is 0.737. The summed E-state index contributed by atoms with van der Waals surface area (Å²) < 4.78 is 0. The Hall–Kier alpha value is -1.07. The fourth-order valence-corrected chi connectivity index (χ4v) is 4.11. The lowest BCUT2D eigenvalue weighted by Crippen LogP contribution is -2.44. The number of aliphatic imine (C=N–C) groups is 1. The van der Waals surface area contributed by atoms with E-state index in [9.17, 15) is 0 Å². The second kappa shape index (κ2) is 9.42. The highest BCUT2D eigenvalue weighted by atomic mass is 32.1.